The van der Waals surface area contributed by atoms with Crippen LogP contribution in [0.2, 0.25) is 0 Å². The van der Waals surface area contributed by atoms with Crippen LogP contribution < -0.4 is 5.32 Å². The number of aromatic amines is 1. The number of ether oxygens (including phenoxy) is 1. The Hall–Kier alpha value is -2.40. The minimum Gasteiger partial charge on any atom is -0.499 e. The molecular weight excluding hydrogens is 281 g/mol. The molecule has 4 nitrogen and oxygen atoms in total. The van der Waals surface area contributed by atoms with Gasteiger partial charge < -0.3 is 15.0 Å². The first kappa shape index (κ1) is 16.0. The van der Waals surface area contributed by atoms with Crippen molar-refractivity contribution in [3.05, 3.63) is 67.6 Å². The Morgan fingerprint density at radius 1 is 1.36 bits per heavy atom. The Morgan fingerprint density at radius 2 is 2.09 bits per heavy atom. The highest BCUT2D eigenvalue weighted by Gasteiger charge is 2.33. The lowest BCUT2D eigenvalue weighted by Gasteiger charge is -2.29. The fraction of sp³-hybridized carbons (Fsp3) is 0.235. The highest BCUT2D eigenvalue weighted by atomic mass is 19.1. The third-order valence-electron chi connectivity index (χ3n) is 3.60. The van der Waals surface area contributed by atoms with E-state index in [1.807, 2.05) is 13.1 Å². The summed E-state index contributed by atoms with van der Waals surface area (Å²) < 4.78 is 18.4. The Balaban J connectivity index is 2.35. The Kier molecular flexibility index (Phi) is 5.12. The molecule has 0 aliphatic heterocycles. The van der Waals surface area contributed by atoms with Crippen molar-refractivity contribution in [3.8, 4) is 11.3 Å². The summed E-state index contributed by atoms with van der Waals surface area (Å²) in [5, 5.41) is 3.24. The van der Waals surface area contributed by atoms with Gasteiger partial charge >= 0.3 is 0 Å². The molecule has 1 heterocycles. The lowest BCUT2D eigenvalue weighted by atomic mass is 9.95. The van der Waals surface area contributed by atoms with Crippen LogP contribution in [0.1, 0.15) is 12.2 Å². The molecule has 0 spiro atoms. The molecule has 5 heteroatoms. The summed E-state index contributed by atoms with van der Waals surface area (Å²) in [6, 6.07) is 6.26. The molecule has 0 saturated heterocycles. The second-order valence-electron chi connectivity index (χ2n) is 4.95. The third-order valence-corrected chi connectivity index (χ3v) is 3.60. The topological polar surface area (TPSA) is 49.9 Å². The SMILES string of the molecule is C=CCC(COC=C)(NC)c1ncc(-c2ccc(F)cc2)[nH]1. The zero-order valence-electron chi connectivity index (χ0n) is 12.6. The van der Waals surface area contributed by atoms with E-state index < -0.39 is 5.54 Å². The van der Waals surface area contributed by atoms with Crippen LogP contribution in [0.25, 0.3) is 11.3 Å². The normalized spacial score (nSPS) is 13.4. The van der Waals surface area contributed by atoms with Gasteiger partial charge in [-0.15, -0.1) is 6.58 Å². The zero-order valence-corrected chi connectivity index (χ0v) is 12.6. The van der Waals surface area contributed by atoms with Crippen molar-refractivity contribution in [2.45, 2.75) is 12.0 Å². The predicted octanol–water partition coefficient (Wildman–Crippen LogP) is 3.37. The van der Waals surface area contributed by atoms with E-state index in [4.69, 9.17) is 4.74 Å². The summed E-state index contributed by atoms with van der Waals surface area (Å²) in [6.07, 6.45) is 5.57. The van der Waals surface area contributed by atoms with Crippen molar-refractivity contribution >= 4 is 0 Å². The molecule has 1 aromatic carbocycles. The van der Waals surface area contributed by atoms with Gasteiger partial charge in [-0.05, 0) is 43.3 Å². The smallest absolute Gasteiger partial charge is 0.130 e. The molecule has 2 aromatic rings. The number of rotatable bonds is 8. The van der Waals surface area contributed by atoms with Gasteiger partial charge in [0.15, 0.2) is 0 Å². The van der Waals surface area contributed by atoms with E-state index in [9.17, 15) is 4.39 Å². The highest BCUT2D eigenvalue weighted by molar-refractivity contribution is 5.58. The number of hydrogen-bond donors (Lipinski definition) is 2. The third kappa shape index (κ3) is 3.26. The first-order valence-electron chi connectivity index (χ1n) is 6.99. The molecule has 2 N–H and O–H groups in total. The molecule has 0 aliphatic carbocycles. The van der Waals surface area contributed by atoms with Crippen LogP contribution in [-0.2, 0) is 10.3 Å². The molecule has 0 bridgehead atoms. The monoisotopic (exact) mass is 301 g/mol. The van der Waals surface area contributed by atoms with Crippen LogP contribution >= 0.6 is 0 Å². The van der Waals surface area contributed by atoms with Gasteiger partial charge in [0.05, 0.1) is 18.2 Å². The molecule has 0 saturated carbocycles. The number of likely N-dealkylation sites (N-methyl/N-ethyl adjacent to an activating group) is 1. The van der Waals surface area contributed by atoms with Gasteiger partial charge in [0, 0.05) is 0 Å². The summed E-state index contributed by atoms with van der Waals surface area (Å²) in [5.41, 5.74) is 1.17. The average molecular weight is 301 g/mol. The van der Waals surface area contributed by atoms with E-state index in [1.165, 1.54) is 18.4 Å². The van der Waals surface area contributed by atoms with E-state index in [0.717, 1.165) is 17.1 Å². The van der Waals surface area contributed by atoms with Gasteiger partial charge in [0.1, 0.15) is 23.8 Å². The van der Waals surface area contributed by atoms with Gasteiger partial charge in [-0.3, -0.25) is 0 Å². The lowest BCUT2D eigenvalue weighted by Crippen LogP contribution is -2.44. The number of benzene rings is 1. The van der Waals surface area contributed by atoms with Crippen molar-refractivity contribution in [1.82, 2.24) is 15.3 Å². The van der Waals surface area contributed by atoms with Crippen molar-refractivity contribution in [2.75, 3.05) is 13.7 Å². The Bertz CT molecular complexity index is 636. The summed E-state index contributed by atoms with van der Waals surface area (Å²) >= 11 is 0. The number of nitrogens with zero attached hydrogens (tertiary/aromatic N) is 1. The molecule has 0 fully saturated rings. The molecular formula is C17H20FN3O. The van der Waals surface area contributed by atoms with Crippen LogP contribution in [0.3, 0.4) is 0 Å². The Labute approximate surface area is 129 Å². The maximum absolute atomic E-state index is 13.0. The number of nitrogens with one attached hydrogen (secondary N) is 2. The lowest BCUT2D eigenvalue weighted by molar-refractivity contribution is 0.142. The molecule has 1 atom stereocenters. The molecule has 1 aromatic heterocycles. The predicted molar refractivity (Wildman–Crippen MR) is 85.7 cm³/mol. The van der Waals surface area contributed by atoms with E-state index in [2.05, 4.69) is 28.4 Å². The van der Waals surface area contributed by atoms with Gasteiger partial charge in [0.25, 0.3) is 0 Å². The summed E-state index contributed by atoms with van der Waals surface area (Å²) in [5.74, 6) is 0.468. The average Bonchev–Trinajstić information content (AvgIpc) is 3.03. The molecule has 116 valence electrons. The maximum Gasteiger partial charge on any atom is 0.130 e. The first-order chi connectivity index (χ1) is 10.6. The molecule has 22 heavy (non-hydrogen) atoms. The standard InChI is InChI=1S/C17H20FN3O/c1-4-10-17(19-3,12-22-5-2)16-20-11-15(21-16)13-6-8-14(18)9-7-13/h4-9,11,19H,1-2,10,12H2,3H3,(H,20,21). The van der Waals surface area contributed by atoms with Crippen molar-refractivity contribution in [2.24, 2.45) is 0 Å². The van der Waals surface area contributed by atoms with Gasteiger partial charge in [-0.25, -0.2) is 9.37 Å². The van der Waals surface area contributed by atoms with Crippen LogP contribution in [-0.4, -0.2) is 23.6 Å². The van der Waals surface area contributed by atoms with Crippen LogP contribution in [0.4, 0.5) is 4.39 Å². The first-order valence-corrected chi connectivity index (χ1v) is 6.99. The van der Waals surface area contributed by atoms with Crippen LogP contribution in [0, 0.1) is 5.82 Å². The van der Waals surface area contributed by atoms with E-state index >= 15 is 0 Å². The largest absolute Gasteiger partial charge is 0.499 e. The number of imidazole rings is 1. The van der Waals surface area contributed by atoms with Crippen LogP contribution in [0.5, 0.6) is 0 Å². The fourth-order valence-electron chi connectivity index (χ4n) is 2.30. The zero-order chi connectivity index (χ0) is 16.0. The summed E-state index contributed by atoms with van der Waals surface area (Å²) in [6.45, 7) is 7.74. The molecule has 0 radical (unpaired) electrons. The highest BCUT2D eigenvalue weighted by Crippen LogP contribution is 2.26. The minimum atomic E-state index is -0.520. The molecule has 0 amide bonds. The van der Waals surface area contributed by atoms with Crippen molar-refractivity contribution < 1.29 is 9.13 Å². The van der Waals surface area contributed by atoms with E-state index in [0.29, 0.717) is 13.0 Å². The van der Waals surface area contributed by atoms with Crippen molar-refractivity contribution in [1.29, 1.82) is 0 Å². The van der Waals surface area contributed by atoms with E-state index in [1.54, 1.807) is 18.3 Å². The number of aromatic nitrogens is 2. The van der Waals surface area contributed by atoms with Gasteiger partial charge in [0.2, 0.25) is 0 Å². The maximum atomic E-state index is 13.0. The minimum absolute atomic E-state index is 0.265. The van der Waals surface area contributed by atoms with Gasteiger partial charge in [-0.2, -0.15) is 0 Å². The fourth-order valence-corrected chi connectivity index (χ4v) is 2.30. The van der Waals surface area contributed by atoms with E-state index in [-0.39, 0.29) is 5.82 Å². The Morgan fingerprint density at radius 3 is 2.68 bits per heavy atom. The quantitative estimate of drug-likeness (QED) is 0.580. The second kappa shape index (κ2) is 7.04. The second-order valence-corrected chi connectivity index (χ2v) is 4.95. The van der Waals surface area contributed by atoms with Gasteiger partial charge in [-0.1, -0.05) is 12.7 Å². The van der Waals surface area contributed by atoms with Crippen LogP contribution in [0.15, 0.2) is 56.0 Å². The summed E-state index contributed by atoms with van der Waals surface area (Å²) in [4.78, 5) is 7.73. The number of hydrogen-bond acceptors (Lipinski definition) is 3. The number of H-pyrrole nitrogens is 1. The molecule has 2 rings (SSSR count). The number of halogens is 1. The summed E-state index contributed by atoms with van der Waals surface area (Å²) in [7, 11) is 1.84. The van der Waals surface area contributed by atoms with Crippen molar-refractivity contribution in [3.63, 3.8) is 0 Å². The molecule has 1 unspecified atom stereocenters. The molecule has 0 aliphatic rings.